The lowest BCUT2D eigenvalue weighted by molar-refractivity contribution is -0.274. The van der Waals surface area contributed by atoms with E-state index in [9.17, 15) is 13.2 Å². The van der Waals surface area contributed by atoms with Gasteiger partial charge in [-0.1, -0.05) is 12.1 Å². The molecule has 0 aliphatic carbocycles. The number of hydrogen-bond acceptors (Lipinski definition) is 5. The summed E-state index contributed by atoms with van der Waals surface area (Å²) < 4.78 is 52.6. The highest BCUT2D eigenvalue weighted by molar-refractivity contribution is 6.55. The van der Waals surface area contributed by atoms with E-state index in [2.05, 4.69) is 4.74 Å². The van der Waals surface area contributed by atoms with Gasteiger partial charge in [0.25, 0.3) is 0 Å². The predicted molar refractivity (Wildman–Crippen MR) is 90.7 cm³/mol. The lowest BCUT2D eigenvalue weighted by Gasteiger charge is -2.32. The fraction of sp³-hybridized carbons (Fsp3) is 0.500. The van der Waals surface area contributed by atoms with Gasteiger partial charge in [0.2, 0.25) is 0 Å². The maximum Gasteiger partial charge on any atom is 0.573 e. The van der Waals surface area contributed by atoms with Crippen LogP contribution in [0.5, 0.6) is 5.75 Å². The molecule has 0 spiro atoms. The minimum Gasteiger partial charge on any atom is -0.404 e. The van der Waals surface area contributed by atoms with E-state index >= 15 is 0 Å². The highest BCUT2D eigenvalue weighted by Gasteiger charge is 2.52. The third-order valence-electron chi connectivity index (χ3n) is 4.40. The molecule has 1 aromatic carbocycles. The van der Waals surface area contributed by atoms with E-state index in [4.69, 9.17) is 20.8 Å². The number of halogens is 3. The molecule has 138 valence electrons. The van der Waals surface area contributed by atoms with Gasteiger partial charge in [-0.3, -0.25) is 0 Å². The Hall–Kier alpha value is -1.71. The Morgan fingerprint density at radius 2 is 1.76 bits per heavy atom. The largest absolute Gasteiger partial charge is 0.573 e. The van der Waals surface area contributed by atoms with Gasteiger partial charge in [0, 0.05) is 6.54 Å². The fourth-order valence-corrected chi connectivity index (χ4v) is 2.31. The van der Waals surface area contributed by atoms with Crippen molar-refractivity contribution >= 4 is 18.9 Å². The van der Waals surface area contributed by atoms with Crippen LogP contribution in [0, 0.1) is 0 Å². The van der Waals surface area contributed by atoms with Crippen molar-refractivity contribution in [1.29, 1.82) is 0 Å². The van der Waals surface area contributed by atoms with Crippen LogP contribution < -0.4 is 16.2 Å². The number of benzene rings is 1. The average molecular weight is 358 g/mol. The van der Waals surface area contributed by atoms with Crippen LogP contribution in [0.4, 0.5) is 18.9 Å². The van der Waals surface area contributed by atoms with Crippen molar-refractivity contribution in [3.05, 3.63) is 29.2 Å². The highest BCUT2D eigenvalue weighted by Crippen LogP contribution is 2.39. The molecule has 0 bridgehead atoms. The summed E-state index contributed by atoms with van der Waals surface area (Å²) in [5.74, 6) is -0.449. The molecular formula is C16H22BF3N2O3. The Morgan fingerprint density at radius 3 is 2.20 bits per heavy atom. The van der Waals surface area contributed by atoms with Crippen LogP contribution in [-0.4, -0.2) is 31.2 Å². The third kappa shape index (κ3) is 4.48. The van der Waals surface area contributed by atoms with Crippen LogP contribution >= 0.6 is 0 Å². The van der Waals surface area contributed by atoms with Gasteiger partial charge in [-0.25, -0.2) is 0 Å². The zero-order valence-corrected chi connectivity index (χ0v) is 14.6. The molecule has 2 rings (SSSR count). The maximum absolute atomic E-state index is 12.3. The topological polar surface area (TPSA) is 79.7 Å². The van der Waals surface area contributed by atoms with Crippen LogP contribution in [0.3, 0.4) is 0 Å². The van der Waals surface area contributed by atoms with E-state index in [1.54, 1.807) is 6.08 Å². The second-order valence-corrected chi connectivity index (χ2v) is 6.86. The van der Waals surface area contributed by atoms with E-state index < -0.39 is 30.4 Å². The van der Waals surface area contributed by atoms with Crippen molar-refractivity contribution < 1.29 is 27.2 Å². The highest BCUT2D eigenvalue weighted by atomic mass is 19.4. The Bertz CT molecular complexity index is 659. The van der Waals surface area contributed by atoms with E-state index in [-0.39, 0.29) is 12.2 Å². The van der Waals surface area contributed by atoms with Crippen LogP contribution in [0.25, 0.3) is 6.08 Å². The first kappa shape index (κ1) is 19.6. The second kappa shape index (κ2) is 6.55. The number of anilines is 1. The van der Waals surface area contributed by atoms with Gasteiger partial charge < -0.3 is 25.5 Å². The van der Waals surface area contributed by atoms with Gasteiger partial charge in [0.1, 0.15) is 0 Å². The molecule has 1 aliphatic rings. The number of ether oxygens (including phenoxy) is 1. The first-order valence-corrected chi connectivity index (χ1v) is 7.76. The summed E-state index contributed by atoms with van der Waals surface area (Å²) in [5.41, 5.74) is 11.5. The minimum absolute atomic E-state index is 0.128. The minimum atomic E-state index is -4.80. The lowest BCUT2D eigenvalue weighted by atomic mass is 9.77. The smallest absolute Gasteiger partial charge is 0.404 e. The van der Waals surface area contributed by atoms with Gasteiger partial charge in [0.15, 0.2) is 5.75 Å². The van der Waals surface area contributed by atoms with Crippen molar-refractivity contribution in [3.8, 4) is 5.75 Å². The summed E-state index contributed by atoms with van der Waals surface area (Å²) >= 11 is 0. The normalized spacial score (nSPS) is 20.0. The quantitative estimate of drug-likeness (QED) is 0.639. The first-order valence-electron chi connectivity index (χ1n) is 7.76. The molecule has 1 aliphatic heterocycles. The molecule has 0 radical (unpaired) electrons. The summed E-state index contributed by atoms with van der Waals surface area (Å²) in [7, 11) is -0.637. The zero-order chi connectivity index (χ0) is 19.0. The van der Waals surface area contributed by atoms with Gasteiger partial charge in [0.05, 0.1) is 16.9 Å². The van der Waals surface area contributed by atoms with Gasteiger partial charge >= 0.3 is 13.5 Å². The molecule has 1 aromatic rings. The average Bonchev–Trinajstić information content (AvgIpc) is 2.66. The number of alkyl halides is 3. The summed E-state index contributed by atoms with van der Waals surface area (Å²) in [6, 6.07) is 3.99. The summed E-state index contributed by atoms with van der Waals surface area (Å²) in [5, 5.41) is 0. The standard InChI is InChI=1S/C16H22BF3N2O3/c1-14(2)15(3,4)25-17(24-14)11(9-21)7-10-5-6-13(12(22)8-10)23-16(18,19)20/h5-8H,9,21-22H2,1-4H3. The van der Waals surface area contributed by atoms with Gasteiger partial charge in [-0.2, -0.15) is 0 Å². The van der Waals surface area contributed by atoms with E-state index in [1.165, 1.54) is 12.1 Å². The third-order valence-corrected chi connectivity index (χ3v) is 4.40. The van der Waals surface area contributed by atoms with Crippen molar-refractivity contribution in [3.63, 3.8) is 0 Å². The zero-order valence-electron chi connectivity index (χ0n) is 14.6. The fourth-order valence-electron chi connectivity index (χ4n) is 2.31. The van der Waals surface area contributed by atoms with Crippen molar-refractivity contribution in [2.45, 2.75) is 45.3 Å². The molecule has 0 aromatic heterocycles. The molecule has 0 amide bonds. The second-order valence-electron chi connectivity index (χ2n) is 6.86. The van der Waals surface area contributed by atoms with Crippen LogP contribution in [0.2, 0.25) is 0 Å². The molecule has 9 heteroatoms. The number of nitrogen functional groups attached to an aromatic ring is 1. The van der Waals surface area contributed by atoms with Crippen molar-refractivity contribution in [1.82, 2.24) is 0 Å². The summed E-state index contributed by atoms with van der Waals surface area (Å²) in [6.45, 7) is 7.84. The van der Waals surface area contributed by atoms with Gasteiger partial charge in [-0.05, 0) is 50.9 Å². The summed E-state index contributed by atoms with van der Waals surface area (Å²) in [4.78, 5) is 0. The Kier molecular flexibility index (Phi) is 5.14. The molecule has 1 heterocycles. The SMILES string of the molecule is CC1(C)OB(C(=Cc2ccc(OC(F)(F)F)c(N)c2)CN)OC1(C)C. The van der Waals surface area contributed by atoms with Gasteiger partial charge in [-0.15, -0.1) is 13.2 Å². The first-order chi connectivity index (χ1) is 11.3. The van der Waals surface area contributed by atoms with Crippen LogP contribution in [0.1, 0.15) is 33.3 Å². The summed E-state index contributed by atoms with van der Waals surface area (Å²) in [6.07, 6.45) is -3.10. The predicted octanol–water partition coefficient (Wildman–Crippen LogP) is 3.14. The maximum atomic E-state index is 12.3. The Morgan fingerprint density at radius 1 is 1.20 bits per heavy atom. The molecular weight excluding hydrogens is 336 g/mol. The molecule has 0 atom stereocenters. The van der Waals surface area contributed by atoms with Crippen molar-refractivity contribution in [2.24, 2.45) is 5.73 Å². The van der Waals surface area contributed by atoms with E-state index in [1.807, 2.05) is 27.7 Å². The molecule has 4 N–H and O–H groups in total. The van der Waals surface area contributed by atoms with Crippen LogP contribution in [-0.2, 0) is 9.31 Å². The Labute approximate surface area is 145 Å². The van der Waals surface area contributed by atoms with E-state index in [0.717, 1.165) is 6.07 Å². The molecule has 25 heavy (non-hydrogen) atoms. The molecule has 0 unspecified atom stereocenters. The lowest BCUT2D eigenvalue weighted by Crippen LogP contribution is -2.41. The number of hydrogen-bond donors (Lipinski definition) is 2. The van der Waals surface area contributed by atoms with Crippen LogP contribution in [0.15, 0.2) is 23.7 Å². The van der Waals surface area contributed by atoms with E-state index in [0.29, 0.717) is 11.0 Å². The molecule has 1 saturated heterocycles. The van der Waals surface area contributed by atoms with Crippen molar-refractivity contribution in [2.75, 3.05) is 12.3 Å². The Balaban J connectivity index is 2.25. The molecule has 5 nitrogen and oxygen atoms in total. The molecule has 1 fully saturated rings. The number of rotatable bonds is 4. The monoisotopic (exact) mass is 358 g/mol. The number of nitrogens with two attached hydrogens (primary N) is 2. The molecule has 0 saturated carbocycles.